The van der Waals surface area contributed by atoms with E-state index in [1.807, 2.05) is 0 Å². The summed E-state index contributed by atoms with van der Waals surface area (Å²) < 4.78 is 0. The summed E-state index contributed by atoms with van der Waals surface area (Å²) in [4.78, 5) is 5.14. The van der Waals surface area contributed by atoms with Crippen LogP contribution in [0, 0.1) is 11.8 Å². The summed E-state index contributed by atoms with van der Waals surface area (Å²) in [5.74, 6) is 1.65. The monoisotopic (exact) mass is 239 g/mol. The van der Waals surface area contributed by atoms with E-state index in [4.69, 9.17) is 5.73 Å². The SMILES string of the molecule is CC1CN(C)CCN1CC1CCCCC1CN. The van der Waals surface area contributed by atoms with Gasteiger partial charge in [-0.05, 0) is 45.2 Å². The number of likely N-dealkylation sites (N-methyl/N-ethyl adjacent to an activating group) is 1. The van der Waals surface area contributed by atoms with Crippen LogP contribution in [0.25, 0.3) is 0 Å². The zero-order valence-electron chi connectivity index (χ0n) is 11.6. The summed E-state index contributed by atoms with van der Waals surface area (Å²) in [5, 5.41) is 0. The number of rotatable bonds is 3. The van der Waals surface area contributed by atoms with Gasteiger partial charge in [0.1, 0.15) is 0 Å². The summed E-state index contributed by atoms with van der Waals surface area (Å²) in [5.41, 5.74) is 5.93. The molecule has 3 heteroatoms. The van der Waals surface area contributed by atoms with E-state index in [9.17, 15) is 0 Å². The van der Waals surface area contributed by atoms with Gasteiger partial charge in [0, 0.05) is 32.2 Å². The minimum Gasteiger partial charge on any atom is -0.330 e. The van der Waals surface area contributed by atoms with Gasteiger partial charge in [0.05, 0.1) is 0 Å². The Morgan fingerprint density at radius 2 is 1.82 bits per heavy atom. The van der Waals surface area contributed by atoms with E-state index in [1.165, 1.54) is 51.9 Å². The Kier molecular flexibility index (Phi) is 4.83. The second kappa shape index (κ2) is 6.17. The molecular formula is C14H29N3. The first kappa shape index (κ1) is 13.3. The van der Waals surface area contributed by atoms with E-state index in [0.29, 0.717) is 6.04 Å². The van der Waals surface area contributed by atoms with Gasteiger partial charge in [0.2, 0.25) is 0 Å². The largest absolute Gasteiger partial charge is 0.330 e. The first-order valence-electron chi connectivity index (χ1n) is 7.33. The van der Waals surface area contributed by atoms with Gasteiger partial charge in [-0.25, -0.2) is 0 Å². The molecule has 1 aliphatic carbocycles. The molecule has 100 valence electrons. The van der Waals surface area contributed by atoms with Crippen LogP contribution in [0.3, 0.4) is 0 Å². The van der Waals surface area contributed by atoms with Crippen LogP contribution >= 0.6 is 0 Å². The molecule has 1 aliphatic heterocycles. The number of nitrogens with two attached hydrogens (primary N) is 1. The fourth-order valence-electron chi connectivity index (χ4n) is 3.58. The predicted molar refractivity (Wildman–Crippen MR) is 73.0 cm³/mol. The molecule has 0 radical (unpaired) electrons. The minimum absolute atomic E-state index is 0.717. The normalized spacial score (nSPS) is 37.2. The van der Waals surface area contributed by atoms with E-state index in [2.05, 4.69) is 23.8 Å². The number of piperazine rings is 1. The van der Waals surface area contributed by atoms with Gasteiger partial charge in [0.25, 0.3) is 0 Å². The first-order chi connectivity index (χ1) is 8.20. The summed E-state index contributed by atoms with van der Waals surface area (Å²) in [6.45, 7) is 8.25. The lowest BCUT2D eigenvalue weighted by Crippen LogP contribution is -2.52. The zero-order chi connectivity index (χ0) is 12.3. The van der Waals surface area contributed by atoms with Gasteiger partial charge in [-0.1, -0.05) is 12.8 Å². The lowest BCUT2D eigenvalue weighted by Gasteiger charge is -2.42. The molecule has 0 aromatic heterocycles. The highest BCUT2D eigenvalue weighted by Gasteiger charge is 2.29. The molecule has 3 nitrogen and oxygen atoms in total. The molecule has 1 saturated carbocycles. The fourth-order valence-corrected chi connectivity index (χ4v) is 3.58. The molecule has 3 unspecified atom stereocenters. The van der Waals surface area contributed by atoms with Crippen molar-refractivity contribution in [1.29, 1.82) is 0 Å². The molecule has 0 aromatic rings. The average Bonchev–Trinajstić information content (AvgIpc) is 2.33. The summed E-state index contributed by atoms with van der Waals surface area (Å²) in [6.07, 6.45) is 5.59. The quantitative estimate of drug-likeness (QED) is 0.808. The van der Waals surface area contributed by atoms with Gasteiger partial charge in [-0.15, -0.1) is 0 Å². The van der Waals surface area contributed by atoms with E-state index in [-0.39, 0.29) is 0 Å². The third-order valence-electron chi connectivity index (χ3n) is 4.81. The number of hydrogen-bond acceptors (Lipinski definition) is 3. The number of nitrogens with zero attached hydrogens (tertiary/aromatic N) is 2. The molecule has 17 heavy (non-hydrogen) atoms. The Labute approximate surface area is 106 Å². The van der Waals surface area contributed by atoms with Gasteiger partial charge >= 0.3 is 0 Å². The van der Waals surface area contributed by atoms with Crippen LogP contribution < -0.4 is 5.73 Å². The lowest BCUT2D eigenvalue weighted by molar-refractivity contribution is 0.0643. The van der Waals surface area contributed by atoms with Crippen molar-refractivity contribution in [3.8, 4) is 0 Å². The standard InChI is InChI=1S/C14H29N3/c1-12-10-16(2)7-8-17(12)11-14-6-4-3-5-13(14)9-15/h12-14H,3-11,15H2,1-2H3. The van der Waals surface area contributed by atoms with E-state index >= 15 is 0 Å². The fraction of sp³-hybridized carbons (Fsp3) is 1.00. The molecular weight excluding hydrogens is 210 g/mol. The van der Waals surface area contributed by atoms with Gasteiger partial charge in [0.15, 0.2) is 0 Å². The van der Waals surface area contributed by atoms with Crippen molar-refractivity contribution in [2.75, 3.05) is 39.8 Å². The maximum Gasteiger partial charge on any atom is 0.0195 e. The van der Waals surface area contributed by atoms with E-state index < -0.39 is 0 Å². The van der Waals surface area contributed by atoms with Gasteiger partial charge in [-0.3, -0.25) is 4.90 Å². The third kappa shape index (κ3) is 3.43. The molecule has 2 aliphatic rings. The highest BCUT2D eigenvalue weighted by Crippen LogP contribution is 2.30. The molecule has 0 spiro atoms. The topological polar surface area (TPSA) is 32.5 Å². The van der Waals surface area contributed by atoms with Crippen LogP contribution in [0.15, 0.2) is 0 Å². The highest BCUT2D eigenvalue weighted by molar-refractivity contribution is 4.83. The van der Waals surface area contributed by atoms with Crippen molar-refractivity contribution in [3.05, 3.63) is 0 Å². The molecule has 2 fully saturated rings. The second-order valence-corrected chi connectivity index (χ2v) is 6.15. The Hall–Kier alpha value is -0.120. The van der Waals surface area contributed by atoms with E-state index in [1.54, 1.807) is 0 Å². The van der Waals surface area contributed by atoms with Crippen molar-refractivity contribution < 1.29 is 0 Å². The van der Waals surface area contributed by atoms with Crippen LogP contribution in [0.1, 0.15) is 32.6 Å². The zero-order valence-corrected chi connectivity index (χ0v) is 11.6. The molecule has 0 bridgehead atoms. The van der Waals surface area contributed by atoms with Crippen molar-refractivity contribution in [1.82, 2.24) is 9.80 Å². The molecule has 2 N–H and O–H groups in total. The maximum absolute atomic E-state index is 5.93. The lowest BCUT2D eigenvalue weighted by atomic mass is 9.79. The molecule has 0 aromatic carbocycles. The summed E-state index contributed by atoms with van der Waals surface area (Å²) >= 11 is 0. The van der Waals surface area contributed by atoms with Crippen LogP contribution in [-0.2, 0) is 0 Å². The van der Waals surface area contributed by atoms with Crippen molar-refractivity contribution in [3.63, 3.8) is 0 Å². The Bertz CT molecular complexity index is 232. The van der Waals surface area contributed by atoms with Crippen LogP contribution in [0.2, 0.25) is 0 Å². The maximum atomic E-state index is 5.93. The molecule has 2 rings (SSSR count). The molecule has 0 amide bonds. The minimum atomic E-state index is 0.717. The van der Waals surface area contributed by atoms with Crippen molar-refractivity contribution in [2.45, 2.75) is 38.6 Å². The Morgan fingerprint density at radius 1 is 1.12 bits per heavy atom. The van der Waals surface area contributed by atoms with Gasteiger partial charge < -0.3 is 10.6 Å². The van der Waals surface area contributed by atoms with Gasteiger partial charge in [-0.2, -0.15) is 0 Å². The Morgan fingerprint density at radius 3 is 2.47 bits per heavy atom. The number of hydrogen-bond donors (Lipinski definition) is 1. The van der Waals surface area contributed by atoms with Crippen molar-refractivity contribution in [2.24, 2.45) is 17.6 Å². The van der Waals surface area contributed by atoms with Crippen LogP contribution in [0.4, 0.5) is 0 Å². The smallest absolute Gasteiger partial charge is 0.0195 e. The average molecular weight is 239 g/mol. The predicted octanol–water partition coefficient (Wildman–Crippen LogP) is 1.39. The molecule has 1 heterocycles. The molecule has 3 atom stereocenters. The second-order valence-electron chi connectivity index (χ2n) is 6.15. The summed E-state index contributed by atoms with van der Waals surface area (Å²) in [6, 6.07) is 0.717. The van der Waals surface area contributed by atoms with Crippen LogP contribution in [0.5, 0.6) is 0 Å². The molecule has 1 saturated heterocycles. The van der Waals surface area contributed by atoms with Crippen molar-refractivity contribution >= 4 is 0 Å². The van der Waals surface area contributed by atoms with E-state index in [0.717, 1.165) is 18.4 Å². The summed E-state index contributed by atoms with van der Waals surface area (Å²) in [7, 11) is 2.23. The van der Waals surface area contributed by atoms with Crippen LogP contribution in [-0.4, -0.2) is 55.6 Å². The first-order valence-corrected chi connectivity index (χ1v) is 7.33. The highest BCUT2D eigenvalue weighted by atomic mass is 15.3. The Balaban J connectivity index is 1.86. The third-order valence-corrected chi connectivity index (χ3v) is 4.81.